The van der Waals surface area contributed by atoms with Gasteiger partial charge in [-0.15, -0.1) is 0 Å². The third-order valence-electron chi connectivity index (χ3n) is 4.19. The van der Waals surface area contributed by atoms with E-state index in [1.54, 1.807) is 10.6 Å². The number of aromatic nitrogens is 2. The van der Waals surface area contributed by atoms with Gasteiger partial charge in [0.2, 0.25) is 5.91 Å². The standard InChI is InChI=1S/C17H21N3O2S/c1-3-20-16(22)13-8-4-5-9-14(13)18-17(20)23-12(2)15(21)19-10-6-7-11-19/h4-5,8-9,12H,3,6-7,10-11H2,1-2H3/t12-/m0/s1. The molecule has 1 aromatic carbocycles. The first-order valence-electron chi connectivity index (χ1n) is 8.07. The zero-order chi connectivity index (χ0) is 16.4. The second-order valence-electron chi connectivity index (χ2n) is 5.75. The average molecular weight is 331 g/mol. The molecule has 1 amide bonds. The van der Waals surface area contributed by atoms with Crippen molar-refractivity contribution in [2.45, 2.75) is 43.6 Å². The van der Waals surface area contributed by atoms with E-state index in [0.717, 1.165) is 25.9 Å². The Hall–Kier alpha value is -1.82. The molecule has 1 fully saturated rings. The van der Waals surface area contributed by atoms with Gasteiger partial charge in [-0.2, -0.15) is 0 Å². The molecular formula is C17H21N3O2S. The van der Waals surface area contributed by atoms with Crippen molar-refractivity contribution in [3.63, 3.8) is 0 Å². The number of likely N-dealkylation sites (tertiary alicyclic amines) is 1. The first-order valence-corrected chi connectivity index (χ1v) is 8.94. The van der Waals surface area contributed by atoms with E-state index in [0.29, 0.717) is 22.6 Å². The number of para-hydroxylation sites is 1. The lowest BCUT2D eigenvalue weighted by molar-refractivity contribution is -0.129. The van der Waals surface area contributed by atoms with Crippen LogP contribution in [0.1, 0.15) is 26.7 Å². The lowest BCUT2D eigenvalue weighted by Gasteiger charge is -2.20. The molecule has 2 aromatic rings. The molecule has 0 N–H and O–H groups in total. The average Bonchev–Trinajstić information content (AvgIpc) is 3.09. The summed E-state index contributed by atoms with van der Waals surface area (Å²) < 4.78 is 1.65. The Kier molecular flexibility index (Phi) is 4.71. The summed E-state index contributed by atoms with van der Waals surface area (Å²) in [6.45, 7) is 6.05. The molecule has 23 heavy (non-hydrogen) atoms. The van der Waals surface area contributed by atoms with Crippen LogP contribution in [0.2, 0.25) is 0 Å². The van der Waals surface area contributed by atoms with Gasteiger partial charge in [0.25, 0.3) is 5.56 Å². The Morgan fingerprint density at radius 2 is 2.00 bits per heavy atom. The van der Waals surface area contributed by atoms with Crippen molar-refractivity contribution < 1.29 is 4.79 Å². The quantitative estimate of drug-likeness (QED) is 0.638. The Labute approximate surface area is 139 Å². The number of rotatable bonds is 4. The zero-order valence-electron chi connectivity index (χ0n) is 13.5. The Bertz CT molecular complexity index is 781. The highest BCUT2D eigenvalue weighted by Crippen LogP contribution is 2.25. The zero-order valence-corrected chi connectivity index (χ0v) is 14.3. The topological polar surface area (TPSA) is 55.2 Å². The lowest BCUT2D eigenvalue weighted by Crippen LogP contribution is -2.34. The van der Waals surface area contributed by atoms with Gasteiger partial charge in [0, 0.05) is 19.6 Å². The predicted octanol–water partition coefficient (Wildman–Crippen LogP) is 2.52. The summed E-state index contributed by atoms with van der Waals surface area (Å²) in [4.78, 5) is 31.6. The number of hydrogen-bond donors (Lipinski definition) is 0. The van der Waals surface area contributed by atoms with Crippen LogP contribution in [0.3, 0.4) is 0 Å². The maximum Gasteiger partial charge on any atom is 0.262 e. The van der Waals surface area contributed by atoms with Crippen LogP contribution in [0, 0.1) is 0 Å². The van der Waals surface area contributed by atoms with Gasteiger partial charge in [-0.3, -0.25) is 14.2 Å². The molecule has 1 aliphatic heterocycles. The van der Waals surface area contributed by atoms with Gasteiger partial charge in [-0.05, 0) is 38.8 Å². The molecule has 3 rings (SSSR count). The van der Waals surface area contributed by atoms with E-state index in [2.05, 4.69) is 4.98 Å². The van der Waals surface area contributed by atoms with Crippen LogP contribution in [-0.4, -0.2) is 38.7 Å². The Morgan fingerprint density at radius 1 is 1.30 bits per heavy atom. The fourth-order valence-corrected chi connectivity index (χ4v) is 3.98. The van der Waals surface area contributed by atoms with E-state index < -0.39 is 0 Å². The van der Waals surface area contributed by atoms with Gasteiger partial charge in [0.05, 0.1) is 16.2 Å². The second kappa shape index (κ2) is 6.74. The minimum atomic E-state index is -0.237. The minimum Gasteiger partial charge on any atom is -0.342 e. The highest BCUT2D eigenvalue weighted by atomic mass is 32.2. The van der Waals surface area contributed by atoms with Crippen molar-refractivity contribution in [2.75, 3.05) is 13.1 Å². The van der Waals surface area contributed by atoms with Crippen LogP contribution in [0.5, 0.6) is 0 Å². The summed E-state index contributed by atoms with van der Waals surface area (Å²) in [5, 5.41) is 1.01. The number of fused-ring (bicyclic) bond motifs is 1. The van der Waals surface area contributed by atoms with Gasteiger partial charge in [-0.25, -0.2) is 4.98 Å². The van der Waals surface area contributed by atoms with E-state index in [1.165, 1.54) is 11.8 Å². The molecule has 6 heteroatoms. The molecular weight excluding hydrogens is 310 g/mol. The number of benzene rings is 1. The predicted molar refractivity (Wildman–Crippen MR) is 92.8 cm³/mol. The summed E-state index contributed by atoms with van der Waals surface area (Å²) in [6.07, 6.45) is 2.16. The minimum absolute atomic E-state index is 0.0404. The molecule has 1 saturated heterocycles. The van der Waals surface area contributed by atoms with E-state index >= 15 is 0 Å². The molecule has 0 radical (unpaired) electrons. The summed E-state index contributed by atoms with van der Waals surface area (Å²) in [6, 6.07) is 7.36. The summed E-state index contributed by atoms with van der Waals surface area (Å²) >= 11 is 1.38. The maximum absolute atomic E-state index is 12.6. The van der Waals surface area contributed by atoms with E-state index in [1.807, 2.05) is 36.9 Å². The fraction of sp³-hybridized carbons (Fsp3) is 0.471. The van der Waals surface area contributed by atoms with Crippen molar-refractivity contribution >= 4 is 28.6 Å². The van der Waals surface area contributed by atoms with E-state index in [-0.39, 0.29) is 16.7 Å². The van der Waals surface area contributed by atoms with Crippen LogP contribution < -0.4 is 5.56 Å². The van der Waals surface area contributed by atoms with Gasteiger partial charge in [-0.1, -0.05) is 23.9 Å². The molecule has 2 heterocycles. The van der Waals surface area contributed by atoms with Crippen LogP contribution >= 0.6 is 11.8 Å². The summed E-state index contributed by atoms with van der Waals surface area (Å²) in [5.74, 6) is 0.137. The molecule has 0 spiro atoms. The SMILES string of the molecule is CCn1c(S[C@@H](C)C(=O)N2CCCC2)nc2ccccc2c1=O. The summed E-state index contributed by atoms with van der Waals surface area (Å²) in [7, 11) is 0. The molecule has 122 valence electrons. The third-order valence-corrected chi connectivity index (χ3v) is 5.27. The summed E-state index contributed by atoms with van der Waals surface area (Å²) in [5.41, 5.74) is 0.645. The smallest absolute Gasteiger partial charge is 0.262 e. The van der Waals surface area contributed by atoms with E-state index in [9.17, 15) is 9.59 Å². The van der Waals surface area contributed by atoms with Crippen molar-refractivity contribution in [2.24, 2.45) is 0 Å². The molecule has 1 atom stereocenters. The molecule has 0 aliphatic carbocycles. The van der Waals surface area contributed by atoms with Crippen molar-refractivity contribution in [3.8, 4) is 0 Å². The molecule has 1 aliphatic rings. The van der Waals surface area contributed by atoms with Gasteiger partial charge in [0.15, 0.2) is 5.16 Å². The highest BCUT2D eigenvalue weighted by Gasteiger charge is 2.25. The molecule has 0 bridgehead atoms. The van der Waals surface area contributed by atoms with Crippen molar-refractivity contribution in [3.05, 3.63) is 34.6 Å². The third kappa shape index (κ3) is 3.13. The number of hydrogen-bond acceptors (Lipinski definition) is 4. The van der Waals surface area contributed by atoms with Crippen LogP contribution in [0.15, 0.2) is 34.2 Å². The Morgan fingerprint density at radius 3 is 2.70 bits per heavy atom. The molecule has 0 unspecified atom stereocenters. The van der Waals surface area contributed by atoms with E-state index in [4.69, 9.17) is 0 Å². The highest BCUT2D eigenvalue weighted by molar-refractivity contribution is 8.00. The van der Waals surface area contributed by atoms with Gasteiger partial charge < -0.3 is 4.90 Å². The fourth-order valence-electron chi connectivity index (χ4n) is 2.92. The molecule has 5 nitrogen and oxygen atoms in total. The second-order valence-corrected chi connectivity index (χ2v) is 7.06. The number of nitrogens with zero attached hydrogens (tertiary/aromatic N) is 3. The first-order chi connectivity index (χ1) is 11.1. The van der Waals surface area contributed by atoms with Crippen LogP contribution in [0.25, 0.3) is 10.9 Å². The maximum atomic E-state index is 12.6. The normalized spacial score (nSPS) is 16.0. The molecule has 1 aromatic heterocycles. The number of thioether (sulfide) groups is 1. The van der Waals surface area contributed by atoms with Crippen LogP contribution in [0.4, 0.5) is 0 Å². The van der Waals surface area contributed by atoms with Crippen molar-refractivity contribution in [1.29, 1.82) is 0 Å². The monoisotopic (exact) mass is 331 g/mol. The lowest BCUT2D eigenvalue weighted by atomic mass is 10.2. The number of amides is 1. The van der Waals surface area contributed by atoms with Crippen molar-refractivity contribution in [1.82, 2.24) is 14.5 Å². The Balaban J connectivity index is 1.92. The first kappa shape index (κ1) is 16.1. The van der Waals surface area contributed by atoms with Gasteiger partial charge >= 0.3 is 0 Å². The number of carbonyl (C=O) groups is 1. The largest absolute Gasteiger partial charge is 0.342 e. The van der Waals surface area contributed by atoms with Gasteiger partial charge in [0.1, 0.15) is 0 Å². The number of carbonyl (C=O) groups excluding carboxylic acids is 1. The molecule has 0 saturated carbocycles. The van der Waals surface area contributed by atoms with Crippen LogP contribution in [-0.2, 0) is 11.3 Å².